The second-order valence-corrected chi connectivity index (χ2v) is 5.15. The molecule has 1 N–H and O–H groups in total. The van der Waals surface area contributed by atoms with Gasteiger partial charge in [0.15, 0.2) is 0 Å². The van der Waals surface area contributed by atoms with E-state index in [2.05, 4.69) is 10.3 Å². The van der Waals surface area contributed by atoms with Gasteiger partial charge in [0.25, 0.3) is 0 Å². The summed E-state index contributed by atoms with van der Waals surface area (Å²) in [5.74, 6) is 0.565. The Morgan fingerprint density at radius 1 is 1.42 bits per heavy atom. The van der Waals surface area contributed by atoms with E-state index in [9.17, 15) is 13.2 Å². The molecule has 0 amide bonds. The predicted octanol–water partition coefficient (Wildman–Crippen LogP) is 3.94. The molecule has 1 atom stereocenters. The van der Waals surface area contributed by atoms with Crippen LogP contribution in [0.5, 0.6) is 0 Å². The maximum Gasteiger partial charge on any atom is 0.416 e. The van der Waals surface area contributed by atoms with Crippen molar-refractivity contribution < 1.29 is 13.2 Å². The molecule has 0 aromatic carbocycles. The Morgan fingerprint density at radius 3 is 2.74 bits per heavy atom. The Morgan fingerprint density at radius 2 is 2.16 bits per heavy atom. The third kappa shape index (κ3) is 3.93. The van der Waals surface area contributed by atoms with Crippen LogP contribution in [0.25, 0.3) is 0 Å². The molecule has 1 unspecified atom stereocenters. The molecule has 0 saturated heterocycles. The number of hydrogen-bond donors (Lipinski definition) is 1. The van der Waals surface area contributed by atoms with Crippen LogP contribution in [0.2, 0.25) is 0 Å². The number of nitrogens with one attached hydrogen (secondary N) is 1. The number of alkyl halides is 3. The van der Waals surface area contributed by atoms with Gasteiger partial charge in [-0.1, -0.05) is 19.8 Å². The van der Waals surface area contributed by atoms with Gasteiger partial charge in [-0.15, -0.1) is 0 Å². The van der Waals surface area contributed by atoms with Crippen LogP contribution >= 0.6 is 0 Å². The number of nitrogens with zero attached hydrogens (tertiary/aromatic N) is 1. The standard InChI is InChI=1S/C14H19F3N2/c1-2-6-19-13(8-10-3-4-10)11-9-18-7-5-12(11)14(15,16)17/h5,7,9-10,13,19H,2-4,6,8H2,1H3. The maximum atomic E-state index is 13.0. The van der Waals surface area contributed by atoms with Crippen LogP contribution in [0.3, 0.4) is 0 Å². The van der Waals surface area contributed by atoms with Crippen molar-refractivity contribution in [3.05, 3.63) is 29.6 Å². The zero-order valence-corrected chi connectivity index (χ0v) is 11.0. The number of pyridine rings is 1. The van der Waals surface area contributed by atoms with Crippen LogP contribution in [0, 0.1) is 5.92 Å². The van der Waals surface area contributed by atoms with Gasteiger partial charge in [-0.05, 0) is 36.9 Å². The fraction of sp³-hybridized carbons (Fsp3) is 0.643. The molecule has 1 aromatic rings. The molecule has 2 nitrogen and oxygen atoms in total. The highest BCUT2D eigenvalue weighted by Crippen LogP contribution is 2.41. The summed E-state index contributed by atoms with van der Waals surface area (Å²) in [6.45, 7) is 2.73. The van der Waals surface area contributed by atoms with E-state index < -0.39 is 11.7 Å². The summed E-state index contributed by atoms with van der Waals surface area (Å²) in [7, 11) is 0. The van der Waals surface area contributed by atoms with Crippen molar-refractivity contribution in [2.24, 2.45) is 5.92 Å². The van der Waals surface area contributed by atoms with Gasteiger partial charge in [-0.3, -0.25) is 4.98 Å². The Bertz CT molecular complexity index is 413. The van der Waals surface area contributed by atoms with E-state index in [1.807, 2.05) is 6.92 Å². The van der Waals surface area contributed by atoms with Crippen molar-refractivity contribution in [3.63, 3.8) is 0 Å². The van der Waals surface area contributed by atoms with Crippen LogP contribution in [0.4, 0.5) is 13.2 Å². The molecule has 1 aromatic heterocycles. The SMILES string of the molecule is CCCNC(CC1CC1)c1cnccc1C(F)(F)F. The Labute approximate surface area is 111 Å². The summed E-state index contributed by atoms with van der Waals surface area (Å²) >= 11 is 0. The van der Waals surface area contributed by atoms with Gasteiger partial charge in [0.2, 0.25) is 0 Å². The minimum absolute atomic E-state index is 0.238. The first-order chi connectivity index (χ1) is 9.02. The minimum atomic E-state index is -4.31. The second kappa shape index (κ2) is 5.90. The summed E-state index contributed by atoms with van der Waals surface area (Å²) in [6, 6.07) is 0.834. The number of aromatic nitrogens is 1. The summed E-state index contributed by atoms with van der Waals surface area (Å²) < 4.78 is 39.1. The number of hydrogen-bond acceptors (Lipinski definition) is 2. The average molecular weight is 272 g/mol. The summed E-state index contributed by atoms with van der Waals surface area (Å²) in [4.78, 5) is 3.88. The fourth-order valence-corrected chi connectivity index (χ4v) is 2.27. The summed E-state index contributed by atoms with van der Waals surface area (Å²) in [5.41, 5.74) is -0.271. The number of halogens is 3. The molecule has 1 saturated carbocycles. The largest absolute Gasteiger partial charge is 0.416 e. The summed E-state index contributed by atoms with van der Waals surface area (Å²) in [6.07, 6.45) is 2.20. The minimum Gasteiger partial charge on any atom is -0.310 e. The first kappa shape index (κ1) is 14.3. The highest BCUT2D eigenvalue weighted by atomic mass is 19.4. The molecular formula is C14H19F3N2. The predicted molar refractivity (Wildman–Crippen MR) is 67.6 cm³/mol. The van der Waals surface area contributed by atoms with E-state index in [0.717, 1.165) is 38.3 Å². The molecule has 106 valence electrons. The lowest BCUT2D eigenvalue weighted by Gasteiger charge is -2.22. The molecule has 19 heavy (non-hydrogen) atoms. The van der Waals surface area contributed by atoms with Gasteiger partial charge in [0.1, 0.15) is 0 Å². The Kier molecular flexibility index (Phi) is 4.45. The van der Waals surface area contributed by atoms with Crippen molar-refractivity contribution in [1.29, 1.82) is 0 Å². The topological polar surface area (TPSA) is 24.9 Å². The van der Waals surface area contributed by atoms with Gasteiger partial charge in [-0.2, -0.15) is 13.2 Å². The third-order valence-corrected chi connectivity index (χ3v) is 3.44. The van der Waals surface area contributed by atoms with E-state index in [1.165, 1.54) is 12.4 Å². The van der Waals surface area contributed by atoms with Crippen molar-refractivity contribution >= 4 is 0 Å². The van der Waals surface area contributed by atoms with Crippen molar-refractivity contribution in [2.75, 3.05) is 6.54 Å². The van der Waals surface area contributed by atoms with Crippen molar-refractivity contribution in [1.82, 2.24) is 10.3 Å². The van der Waals surface area contributed by atoms with Crippen LogP contribution in [-0.2, 0) is 6.18 Å². The molecule has 1 aliphatic rings. The van der Waals surface area contributed by atoms with Gasteiger partial charge in [-0.25, -0.2) is 0 Å². The highest BCUT2D eigenvalue weighted by molar-refractivity contribution is 5.29. The van der Waals surface area contributed by atoms with Crippen LogP contribution in [-0.4, -0.2) is 11.5 Å². The lowest BCUT2D eigenvalue weighted by atomic mass is 9.97. The summed E-state index contributed by atoms with van der Waals surface area (Å²) in [5, 5.41) is 3.23. The Balaban J connectivity index is 2.23. The molecule has 0 radical (unpaired) electrons. The van der Waals surface area contributed by atoms with Gasteiger partial charge in [0, 0.05) is 18.4 Å². The van der Waals surface area contributed by atoms with Crippen LogP contribution in [0.1, 0.15) is 49.8 Å². The molecule has 2 rings (SSSR count). The molecule has 1 fully saturated rings. The smallest absolute Gasteiger partial charge is 0.310 e. The monoisotopic (exact) mass is 272 g/mol. The van der Waals surface area contributed by atoms with Gasteiger partial charge >= 0.3 is 6.18 Å². The maximum absolute atomic E-state index is 13.0. The third-order valence-electron chi connectivity index (χ3n) is 3.44. The Hall–Kier alpha value is -1.10. The highest BCUT2D eigenvalue weighted by Gasteiger charge is 2.36. The number of rotatable bonds is 6. The van der Waals surface area contributed by atoms with Crippen molar-refractivity contribution in [3.8, 4) is 0 Å². The first-order valence-electron chi connectivity index (χ1n) is 6.77. The van der Waals surface area contributed by atoms with E-state index in [-0.39, 0.29) is 11.6 Å². The van der Waals surface area contributed by atoms with E-state index in [4.69, 9.17) is 0 Å². The van der Waals surface area contributed by atoms with E-state index >= 15 is 0 Å². The molecular weight excluding hydrogens is 253 g/mol. The molecule has 1 aliphatic carbocycles. The van der Waals surface area contributed by atoms with Crippen LogP contribution < -0.4 is 5.32 Å². The first-order valence-corrected chi connectivity index (χ1v) is 6.77. The molecule has 0 aliphatic heterocycles. The van der Waals surface area contributed by atoms with Gasteiger partial charge < -0.3 is 5.32 Å². The average Bonchev–Trinajstić information content (AvgIpc) is 3.17. The zero-order valence-electron chi connectivity index (χ0n) is 11.0. The zero-order chi connectivity index (χ0) is 13.9. The molecule has 1 heterocycles. The molecule has 0 bridgehead atoms. The normalized spacial score (nSPS) is 17.5. The fourth-order valence-electron chi connectivity index (χ4n) is 2.27. The van der Waals surface area contributed by atoms with E-state index in [0.29, 0.717) is 5.92 Å². The quantitative estimate of drug-likeness (QED) is 0.848. The molecule has 5 heteroatoms. The lowest BCUT2D eigenvalue weighted by molar-refractivity contribution is -0.138. The van der Waals surface area contributed by atoms with Crippen molar-refractivity contribution in [2.45, 2.75) is 44.8 Å². The van der Waals surface area contributed by atoms with Gasteiger partial charge in [0.05, 0.1) is 5.56 Å². The lowest BCUT2D eigenvalue weighted by Crippen LogP contribution is -2.25. The van der Waals surface area contributed by atoms with Crippen LogP contribution in [0.15, 0.2) is 18.5 Å². The van der Waals surface area contributed by atoms with E-state index in [1.54, 1.807) is 0 Å². The molecule has 0 spiro atoms. The second-order valence-electron chi connectivity index (χ2n) is 5.15.